The van der Waals surface area contributed by atoms with Gasteiger partial charge in [-0.15, -0.1) is 0 Å². The van der Waals surface area contributed by atoms with E-state index < -0.39 is 0 Å². The van der Waals surface area contributed by atoms with Crippen LogP contribution in [0.2, 0.25) is 0 Å². The van der Waals surface area contributed by atoms with Crippen LogP contribution in [0.4, 0.5) is 5.69 Å². The summed E-state index contributed by atoms with van der Waals surface area (Å²) < 4.78 is 0. The molecule has 1 aliphatic carbocycles. The molecule has 2 aromatic carbocycles. The van der Waals surface area contributed by atoms with Crippen LogP contribution in [0, 0.1) is 0 Å². The van der Waals surface area contributed by atoms with Crippen molar-refractivity contribution in [2.75, 3.05) is 18.4 Å². The predicted octanol–water partition coefficient (Wildman–Crippen LogP) is 3.06. The van der Waals surface area contributed by atoms with Crippen LogP contribution in [-0.4, -0.2) is 35.8 Å². The van der Waals surface area contributed by atoms with Gasteiger partial charge in [0.2, 0.25) is 5.91 Å². The van der Waals surface area contributed by atoms with Gasteiger partial charge in [-0.1, -0.05) is 24.3 Å². The summed E-state index contributed by atoms with van der Waals surface area (Å²) in [6.07, 6.45) is 4.94. The number of benzene rings is 2. The molecule has 2 heterocycles. The number of nitrogens with one attached hydrogen (secondary N) is 2. The molecule has 2 N–H and O–H groups in total. The van der Waals surface area contributed by atoms with E-state index in [0.29, 0.717) is 6.54 Å². The van der Waals surface area contributed by atoms with Crippen LogP contribution in [0.15, 0.2) is 42.5 Å². The fourth-order valence-electron chi connectivity index (χ4n) is 4.92. The number of hydrogen-bond donors (Lipinski definition) is 2. The number of rotatable bonds is 3. The first-order valence-corrected chi connectivity index (χ1v) is 10.3. The number of amides is 2. The van der Waals surface area contributed by atoms with Crippen LogP contribution in [0.3, 0.4) is 0 Å². The lowest BCUT2D eigenvalue weighted by molar-refractivity contribution is -0.130. The van der Waals surface area contributed by atoms with Gasteiger partial charge < -0.3 is 15.5 Å². The second-order valence-corrected chi connectivity index (χ2v) is 8.00. The van der Waals surface area contributed by atoms with Crippen LogP contribution in [0.25, 0.3) is 0 Å². The zero-order valence-corrected chi connectivity index (χ0v) is 15.9. The molecule has 2 amide bonds. The molecule has 144 valence electrons. The molecule has 1 saturated heterocycles. The van der Waals surface area contributed by atoms with E-state index in [1.165, 1.54) is 11.1 Å². The number of carbonyl (C=O) groups is 2. The molecule has 5 nitrogen and oxygen atoms in total. The van der Waals surface area contributed by atoms with Crippen molar-refractivity contribution in [1.82, 2.24) is 10.2 Å². The highest BCUT2D eigenvalue weighted by Gasteiger charge is 2.38. The van der Waals surface area contributed by atoms with Gasteiger partial charge in [0.1, 0.15) is 6.04 Å². The van der Waals surface area contributed by atoms with E-state index in [4.69, 9.17) is 0 Å². The summed E-state index contributed by atoms with van der Waals surface area (Å²) in [6.45, 7) is 1.47. The van der Waals surface area contributed by atoms with Crippen LogP contribution < -0.4 is 10.6 Å². The van der Waals surface area contributed by atoms with Gasteiger partial charge in [-0.2, -0.15) is 0 Å². The highest BCUT2D eigenvalue weighted by Crippen LogP contribution is 2.37. The minimum Gasteiger partial charge on any atom is -0.374 e. The summed E-state index contributed by atoms with van der Waals surface area (Å²) in [6, 6.07) is 14.4. The Hall–Kier alpha value is -2.82. The second-order valence-electron chi connectivity index (χ2n) is 8.00. The minimum absolute atomic E-state index is 0.00752. The fourth-order valence-corrected chi connectivity index (χ4v) is 4.92. The lowest BCUT2D eigenvalue weighted by Crippen LogP contribution is -2.37. The third kappa shape index (κ3) is 2.95. The Morgan fingerprint density at radius 3 is 2.82 bits per heavy atom. The van der Waals surface area contributed by atoms with Gasteiger partial charge in [0.25, 0.3) is 5.91 Å². The van der Waals surface area contributed by atoms with E-state index in [0.717, 1.165) is 55.5 Å². The second kappa shape index (κ2) is 6.97. The Bertz CT molecular complexity index is 939. The van der Waals surface area contributed by atoms with Crippen molar-refractivity contribution in [3.05, 3.63) is 64.7 Å². The Morgan fingerprint density at radius 2 is 1.89 bits per heavy atom. The number of anilines is 1. The molecule has 28 heavy (non-hydrogen) atoms. The molecule has 0 bridgehead atoms. The molecule has 0 spiro atoms. The van der Waals surface area contributed by atoms with Crippen molar-refractivity contribution >= 4 is 17.5 Å². The molecular formula is C23H25N3O2. The van der Waals surface area contributed by atoms with Crippen molar-refractivity contribution in [3.8, 4) is 0 Å². The first-order chi connectivity index (χ1) is 13.7. The molecule has 2 aromatic rings. The molecule has 5 rings (SSSR count). The van der Waals surface area contributed by atoms with Crippen LogP contribution >= 0.6 is 0 Å². The SMILES string of the molecule is O=C1NCCc2cc(NC3CCN(C4CCCc5ccccc54)C3=O)ccc21. The molecule has 3 aliphatic rings. The average Bonchev–Trinajstić information content (AvgIpc) is 3.08. The Morgan fingerprint density at radius 1 is 1.00 bits per heavy atom. The number of nitrogens with zero attached hydrogens (tertiary/aromatic N) is 1. The smallest absolute Gasteiger partial charge is 0.251 e. The third-order valence-corrected chi connectivity index (χ3v) is 6.32. The molecule has 0 aromatic heterocycles. The van der Waals surface area contributed by atoms with E-state index in [1.54, 1.807) is 0 Å². The zero-order valence-electron chi connectivity index (χ0n) is 15.9. The van der Waals surface area contributed by atoms with E-state index in [-0.39, 0.29) is 23.9 Å². The van der Waals surface area contributed by atoms with Crippen LogP contribution in [0.1, 0.15) is 52.4 Å². The summed E-state index contributed by atoms with van der Waals surface area (Å²) in [5.74, 6) is 0.184. The maximum atomic E-state index is 13.2. The third-order valence-electron chi connectivity index (χ3n) is 6.32. The lowest BCUT2D eigenvalue weighted by Gasteiger charge is -2.33. The van der Waals surface area contributed by atoms with E-state index in [1.807, 2.05) is 18.2 Å². The summed E-state index contributed by atoms with van der Waals surface area (Å²) in [7, 11) is 0. The topological polar surface area (TPSA) is 61.4 Å². The van der Waals surface area contributed by atoms with Gasteiger partial charge in [0.15, 0.2) is 0 Å². The van der Waals surface area contributed by atoms with Crippen molar-refractivity contribution in [2.24, 2.45) is 0 Å². The van der Waals surface area contributed by atoms with E-state index in [2.05, 4.69) is 39.8 Å². The van der Waals surface area contributed by atoms with Crippen molar-refractivity contribution < 1.29 is 9.59 Å². The van der Waals surface area contributed by atoms with Crippen molar-refractivity contribution in [1.29, 1.82) is 0 Å². The molecule has 2 atom stereocenters. The summed E-state index contributed by atoms with van der Waals surface area (Å²) in [5, 5.41) is 6.29. The Balaban J connectivity index is 1.33. The highest BCUT2D eigenvalue weighted by atomic mass is 16.2. The summed E-state index contributed by atoms with van der Waals surface area (Å²) >= 11 is 0. The van der Waals surface area contributed by atoms with Gasteiger partial charge in [-0.05, 0) is 67.0 Å². The van der Waals surface area contributed by atoms with Gasteiger partial charge in [-0.3, -0.25) is 9.59 Å². The molecule has 1 fully saturated rings. The van der Waals surface area contributed by atoms with E-state index in [9.17, 15) is 9.59 Å². The van der Waals surface area contributed by atoms with Crippen molar-refractivity contribution in [3.63, 3.8) is 0 Å². The largest absolute Gasteiger partial charge is 0.374 e. The highest BCUT2D eigenvalue weighted by molar-refractivity contribution is 5.97. The molecule has 0 radical (unpaired) electrons. The van der Waals surface area contributed by atoms with Crippen molar-refractivity contribution in [2.45, 2.75) is 44.2 Å². The summed E-state index contributed by atoms with van der Waals surface area (Å²) in [4.78, 5) is 27.1. The van der Waals surface area contributed by atoms with Gasteiger partial charge in [-0.25, -0.2) is 0 Å². The molecule has 5 heteroatoms. The first kappa shape index (κ1) is 17.3. The average molecular weight is 375 g/mol. The first-order valence-electron chi connectivity index (χ1n) is 10.3. The number of carbonyl (C=O) groups excluding carboxylic acids is 2. The maximum absolute atomic E-state index is 13.2. The number of aryl methyl sites for hydroxylation is 1. The number of fused-ring (bicyclic) bond motifs is 2. The standard InChI is InChI=1S/C23H25N3O2/c27-22-19-9-8-17(14-16(19)10-12-24-22)25-20-11-13-26(23(20)28)21-7-3-5-15-4-1-2-6-18(15)21/h1-2,4,6,8-9,14,20-21,25H,3,5,7,10-13H2,(H,24,27). The number of likely N-dealkylation sites (tertiary alicyclic amines) is 1. The monoisotopic (exact) mass is 375 g/mol. The summed E-state index contributed by atoms with van der Waals surface area (Å²) in [5.41, 5.74) is 5.43. The number of hydrogen-bond acceptors (Lipinski definition) is 3. The maximum Gasteiger partial charge on any atom is 0.251 e. The fraction of sp³-hybridized carbons (Fsp3) is 0.391. The van der Waals surface area contributed by atoms with E-state index >= 15 is 0 Å². The quantitative estimate of drug-likeness (QED) is 0.867. The zero-order chi connectivity index (χ0) is 19.1. The Kier molecular flexibility index (Phi) is 4.30. The molecule has 0 saturated carbocycles. The van der Waals surface area contributed by atoms with Crippen LogP contribution in [0.5, 0.6) is 0 Å². The lowest BCUT2D eigenvalue weighted by atomic mass is 9.87. The minimum atomic E-state index is -0.190. The normalized spacial score (nSPS) is 23.8. The molecule has 2 aliphatic heterocycles. The molecule has 2 unspecified atom stereocenters. The van der Waals surface area contributed by atoms with Gasteiger partial charge in [0, 0.05) is 24.3 Å². The van der Waals surface area contributed by atoms with Gasteiger partial charge >= 0.3 is 0 Å². The predicted molar refractivity (Wildman–Crippen MR) is 108 cm³/mol. The Labute approximate surface area is 165 Å². The van der Waals surface area contributed by atoms with Gasteiger partial charge in [0.05, 0.1) is 6.04 Å². The van der Waals surface area contributed by atoms with Crippen LogP contribution in [-0.2, 0) is 17.6 Å². The molecular weight excluding hydrogens is 350 g/mol.